The molecule has 0 fully saturated rings. The minimum atomic E-state index is -0.586. The van der Waals surface area contributed by atoms with Crippen LogP contribution in [0.4, 0.5) is 11.6 Å². The van der Waals surface area contributed by atoms with E-state index in [0.717, 1.165) is 22.3 Å². The second-order valence-corrected chi connectivity index (χ2v) is 8.11. The molecule has 5 rings (SSSR count). The van der Waals surface area contributed by atoms with E-state index in [-0.39, 0.29) is 5.91 Å². The van der Waals surface area contributed by atoms with Crippen LogP contribution in [0.15, 0.2) is 77.8 Å². The summed E-state index contributed by atoms with van der Waals surface area (Å²) < 4.78 is 13.5. The summed E-state index contributed by atoms with van der Waals surface area (Å²) in [7, 11) is 1.59. The maximum atomic E-state index is 13.8. The van der Waals surface area contributed by atoms with Gasteiger partial charge in [0.25, 0.3) is 0 Å². The topological polar surface area (TPSA) is 77.7 Å². The molecule has 7 nitrogen and oxygen atoms in total. The van der Waals surface area contributed by atoms with Crippen molar-refractivity contribution in [3.8, 4) is 11.5 Å². The van der Waals surface area contributed by atoms with Crippen molar-refractivity contribution >= 4 is 34.3 Å². The minimum absolute atomic E-state index is 0.175. The lowest BCUT2D eigenvalue weighted by molar-refractivity contribution is -0.118. The fourth-order valence-electron chi connectivity index (χ4n) is 4.61. The number of rotatable bonds is 6. The van der Waals surface area contributed by atoms with Crippen LogP contribution in [-0.2, 0) is 4.79 Å². The van der Waals surface area contributed by atoms with Gasteiger partial charge in [-0.05, 0) is 44.2 Å². The third-order valence-electron chi connectivity index (χ3n) is 6.08. The largest absolute Gasteiger partial charge is 0.495 e. The molecule has 2 atom stereocenters. The maximum Gasteiger partial charge on any atom is 0.235 e. The monoisotopic (exact) mass is 454 g/mol. The van der Waals surface area contributed by atoms with Gasteiger partial charge in [0.05, 0.1) is 36.5 Å². The number of carbonyl (C=O) groups excluding carboxylic acids is 1. The zero-order chi connectivity index (χ0) is 23.7. The Bertz CT molecular complexity index is 1390. The molecule has 4 aromatic rings. The van der Waals surface area contributed by atoms with Gasteiger partial charge in [0.1, 0.15) is 17.4 Å². The second-order valence-electron chi connectivity index (χ2n) is 8.11. The summed E-state index contributed by atoms with van der Waals surface area (Å²) in [5.41, 5.74) is 3.95. The molecule has 1 amide bonds. The van der Waals surface area contributed by atoms with Gasteiger partial charge in [-0.15, -0.1) is 0 Å². The molecule has 34 heavy (non-hydrogen) atoms. The Morgan fingerprint density at radius 1 is 1.00 bits per heavy atom. The highest BCUT2D eigenvalue weighted by atomic mass is 16.5. The van der Waals surface area contributed by atoms with Crippen LogP contribution in [0.5, 0.6) is 11.5 Å². The van der Waals surface area contributed by atoms with Gasteiger partial charge in [0.2, 0.25) is 11.9 Å². The second kappa shape index (κ2) is 9.02. The van der Waals surface area contributed by atoms with Crippen molar-refractivity contribution in [1.29, 1.82) is 0 Å². The Morgan fingerprint density at radius 2 is 1.71 bits per heavy atom. The highest BCUT2D eigenvalue weighted by Crippen LogP contribution is 2.43. The van der Waals surface area contributed by atoms with Crippen molar-refractivity contribution < 1.29 is 14.3 Å². The van der Waals surface area contributed by atoms with Gasteiger partial charge in [-0.2, -0.15) is 0 Å². The molecule has 0 saturated heterocycles. The summed E-state index contributed by atoms with van der Waals surface area (Å²) in [5.74, 6) is 1.16. The van der Waals surface area contributed by atoms with E-state index in [9.17, 15) is 4.79 Å². The number of ether oxygens (including phenoxy) is 2. The lowest BCUT2D eigenvalue weighted by Gasteiger charge is -2.33. The molecule has 1 N–H and O–H groups in total. The molecular weight excluding hydrogens is 428 g/mol. The number of anilines is 1. The highest BCUT2D eigenvalue weighted by molar-refractivity contribution is 6.11. The van der Waals surface area contributed by atoms with Crippen molar-refractivity contribution in [1.82, 2.24) is 9.55 Å². The molecule has 0 bridgehead atoms. The number of carbonyl (C=O) groups is 1. The smallest absolute Gasteiger partial charge is 0.235 e. The third-order valence-corrected chi connectivity index (χ3v) is 6.08. The van der Waals surface area contributed by atoms with Crippen LogP contribution in [-0.4, -0.2) is 34.9 Å². The minimum Gasteiger partial charge on any atom is -0.495 e. The molecule has 0 radical (unpaired) electrons. The molecule has 172 valence electrons. The number of hydrogen-bond acceptors (Lipinski definition) is 5. The highest BCUT2D eigenvalue weighted by Gasteiger charge is 2.40. The SMILES string of the molecule is CCOc1ccccc1C1C(C(=O)Nc2ccccc2OC)C(C)=Nc2nc3ccccc3n21. The number of imidazole rings is 1. The average molecular weight is 455 g/mol. The maximum absolute atomic E-state index is 13.8. The molecule has 2 heterocycles. The number of nitrogens with one attached hydrogen (secondary N) is 1. The van der Waals surface area contributed by atoms with Gasteiger partial charge in [-0.3, -0.25) is 9.36 Å². The fraction of sp³-hybridized carbons (Fsp3) is 0.222. The van der Waals surface area contributed by atoms with Gasteiger partial charge < -0.3 is 14.8 Å². The quantitative estimate of drug-likeness (QED) is 0.424. The number of hydrogen-bond donors (Lipinski definition) is 1. The van der Waals surface area contributed by atoms with Crippen molar-refractivity contribution in [3.63, 3.8) is 0 Å². The molecule has 1 aliphatic rings. The molecule has 0 saturated carbocycles. The zero-order valence-corrected chi connectivity index (χ0v) is 19.4. The van der Waals surface area contributed by atoms with E-state index >= 15 is 0 Å². The van der Waals surface area contributed by atoms with E-state index in [0.29, 0.717) is 29.7 Å². The Balaban J connectivity index is 1.68. The molecule has 3 aromatic carbocycles. The van der Waals surface area contributed by atoms with Crippen molar-refractivity contribution in [2.45, 2.75) is 19.9 Å². The van der Waals surface area contributed by atoms with Crippen LogP contribution >= 0.6 is 0 Å². The van der Waals surface area contributed by atoms with E-state index in [4.69, 9.17) is 19.5 Å². The van der Waals surface area contributed by atoms with Gasteiger partial charge in [0, 0.05) is 11.3 Å². The van der Waals surface area contributed by atoms with E-state index in [1.54, 1.807) is 7.11 Å². The molecular formula is C27H26N4O3. The fourth-order valence-corrected chi connectivity index (χ4v) is 4.61. The molecule has 0 aliphatic carbocycles. The van der Waals surface area contributed by atoms with Crippen LogP contribution in [0.2, 0.25) is 0 Å². The molecule has 1 aromatic heterocycles. The molecule has 1 aliphatic heterocycles. The van der Waals surface area contributed by atoms with Crippen LogP contribution in [0.3, 0.4) is 0 Å². The summed E-state index contributed by atoms with van der Waals surface area (Å²) in [6, 6.07) is 22.7. The van der Waals surface area contributed by atoms with Crippen LogP contribution in [0, 0.1) is 5.92 Å². The van der Waals surface area contributed by atoms with Gasteiger partial charge in [0.15, 0.2) is 0 Å². The molecule has 0 spiro atoms. The van der Waals surface area contributed by atoms with Crippen molar-refractivity contribution in [2.24, 2.45) is 10.9 Å². The number of amides is 1. The lowest BCUT2D eigenvalue weighted by Crippen LogP contribution is -2.38. The number of aliphatic imine (C=N–C) groups is 1. The van der Waals surface area contributed by atoms with Gasteiger partial charge in [-0.1, -0.05) is 42.5 Å². The predicted octanol–water partition coefficient (Wildman–Crippen LogP) is 5.39. The first kappa shape index (κ1) is 21.7. The summed E-state index contributed by atoms with van der Waals surface area (Å²) in [6.45, 7) is 4.35. The zero-order valence-electron chi connectivity index (χ0n) is 19.4. The number of fused-ring (bicyclic) bond motifs is 3. The predicted molar refractivity (Wildman–Crippen MR) is 133 cm³/mol. The Morgan fingerprint density at radius 3 is 2.50 bits per heavy atom. The van der Waals surface area contributed by atoms with Crippen molar-refractivity contribution in [2.75, 3.05) is 19.0 Å². The standard InChI is InChI=1S/C27H26N4O3/c1-4-34-22-15-9-5-11-18(22)25-24(26(32)29-20-13-7-10-16-23(20)33-3)17(2)28-27-30-19-12-6-8-14-21(19)31(25)27/h5-16,24-25H,4H2,1-3H3,(H,29,32). The van der Waals surface area contributed by atoms with Crippen LogP contribution in [0.25, 0.3) is 11.0 Å². The van der Waals surface area contributed by atoms with E-state index in [2.05, 4.69) is 5.32 Å². The number of methoxy groups -OCH3 is 1. The Labute approximate surface area is 198 Å². The molecule has 2 unspecified atom stereocenters. The first-order valence-electron chi connectivity index (χ1n) is 11.3. The summed E-state index contributed by atoms with van der Waals surface area (Å²) in [4.78, 5) is 23.3. The number of aromatic nitrogens is 2. The number of benzene rings is 3. The van der Waals surface area contributed by atoms with E-state index in [1.807, 2.05) is 91.2 Å². The number of nitrogens with zero attached hydrogens (tertiary/aromatic N) is 3. The van der Waals surface area contributed by atoms with Gasteiger partial charge in [-0.25, -0.2) is 9.98 Å². The van der Waals surface area contributed by atoms with E-state index < -0.39 is 12.0 Å². The lowest BCUT2D eigenvalue weighted by atomic mass is 9.86. The third kappa shape index (κ3) is 3.69. The van der Waals surface area contributed by atoms with Crippen molar-refractivity contribution in [3.05, 3.63) is 78.4 Å². The molecule has 7 heteroatoms. The Hall–Kier alpha value is -4.13. The summed E-state index contributed by atoms with van der Waals surface area (Å²) in [5, 5.41) is 3.06. The Kier molecular flexibility index (Phi) is 5.76. The summed E-state index contributed by atoms with van der Waals surface area (Å²) in [6.07, 6.45) is 0. The average Bonchev–Trinajstić information content (AvgIpc) is 3.22. The number of para-hydroxylation sites is 5. The van der Waals surface area contributed by atoms with Crippen LogP contribution < -0.4 is 14.8 Å². The summed E-state index contributed by atoms with van der Waals surface area (Å²) >= 11 is 0. The normalized spacial score (nSPS) is 17.1. The van der Waals surface area contributed by atoms with E-state index in [1.165, 1.54) is 0 Å². The van der Waals surface area contributed by atoms with Crippen LogP contribution in [0.1, 0.15) is 25.5 Å². The van der Waals surface area contributed by atoms with Gasteiger partial charge >= 0.3 is 0 Å². The first-order valence-corrected chi connectivity index (χ1v) is 11.3. The first-order chi connectivity index (χ1) is 16.6.